The van der Waals surface area contributed by atoms with Crippen LogP contribution in [0.25, 0.3) is 11.2 Å². The van der Waals surface area contributed by atoms with Crippen LogP contribution in [-0.2, 0) is 0 Å². The van der Waals surface area contributed by atoms with Crippen LogP contribution in [0.2, 0.25) is 0 Å². The number of thiol groups is 1. The van der Waals surface area contributed by atoms with E-state index in [1.807, 2.05) is 0 Å². The number of methoxy groups -OCH3 is 3. The van der Waals surface area contributed by atoms with E-state index in [-0.39, 0.29) is 5.82 Å². The van der Waals surface area contributed by atoms with Gasteiger partial charge in [-0.2, -0.15) is 0 Å². The van der Waals surface area contributed by atoms with Crippen LogP contribution in [0.3, 0.4) is 0 Å². The number of aromatic nitrogens is 3. The molecular formula is C19H22N6O4S. The van der Waals surface area contributed by atoms with Gasteiger partial charge in [0.25, 0.3) is 0 Å². The van der Waals surface area contributed by atoms with Crippen molar-refractivity contribution in [2.24, 2.45) is 0 Å². The number of carbonyl (C=O) groups is 1. The van der Waals surface area contributed by atoms with E-state index >= 15 is 0 Å². The lowest BCUT2D eigenvalue weighted by Gasteiger charge is -2.18. The summed E-state index contributed by atoms with van der Waals surface area (Å²) in [7, 11) is 4.58. The molecule has 3 aromatic rings. The van der Waals surface area contributed by atoms with Crippen molar-refractivity contribution in [3.05, 3.63) is 30.5 Å². The summed E-state index contributed by atoms with van der Waals surface area (Å²) in [5.41, 5.74) is 1.54. The molecule has 0 unspecified atom stereocenters. The van der Waals surface area contributed by atoms with Gasteiger partial charge in [0.15, 0.2) is 28.8 Å². The predicted molar refractivity (Wildman–Crippen MR) is 117 cm³/mol. The summed E-state index contributed by atoms with van der Waals surface area (Å²) < 4.78 is 17.3. The molecule has 3 rings (SSSR count). The Bertz CT molecular complexity index is 1040. The first-order chi connectivity index (χ1) is 14.5. The number of benzene rings is 1. The molecule has 0 fully saturated rings. The van der Waals surface area contributed by atoms with Crippen LogP contribution in [0, 0.1) is 0 Å². The normalized spacial score (nSPS) is 10.4. The molecule has 0 bridgehead atoms. The molecule has 2 aromatic heterocycles. The van der Waals surface area contributed by atoms with E-state index in [9.17, 15) is 4.79 Å². The highest BCUT2D eigenvalue weighted by Crippen LogP contribution is 2.41. The molecule has 2 heterocycles. The summed E-state index contributed by atoms with van der Waals surface area (Å²) in [4.78, 5) is 25.6. The summed E-state index contributed by atoms with van der Waals surface area (Å²) in [5.74, 6) is 1.90. The van der Waals surface area contributed by atoms with Crippen LogP contribution in [0.5, 0.6) is 17.2 Å². The third kappa shape index (κ3) is 4.40. The van der Waals surface area contributed by atoms with Gasteiger partial charge in [0, 0.05) is 30.6 Å². The Kier molecular flexibility index (Phi) is 6.62. The van der Waals surface area contributed by atoms with E-state index in [0.29, 0.717) is 46.5 Å². The zero-order valence-corrected chi connectivity index (χ0v) is 17.9. The first-order valence-electron chi connectivity index (χ1n) is 8.97. The maximum atomic E-state index is 12.3. The number of ether oxygens (including phenoxy) is 3. The van der Waals surface area contributed by atoms with E-state index in [4.69, 9.17) is 14.2 Å². The molecule has 0 saturated heterocycles. The Hall–Kier alpha value is -3.47. The molecule has 1 aromatic carbocycles. The van der Waals surface area contributed by atoms with Crippen LogP contribution in [0.15, 0.2) is 30.5 Å². The highest BCUT2D eigenvalue weighted by molar-refractivity contribution is 7.78. The van der Waals surface area contributed by atoms with Gasteiger partial charge in [-0.25, -0.2) is 19.7 Å². The molecule has 0 radical (unpaired) electrons. The van der Waals surface area contributed by atoms with E-state index in [1.165, 1.54) is 25.6 Å². The molecule has 158 valence electrons. The molecule has 0 saturated carbocycles. The summed E-state index contributed by atoms with van der Waals surface area (Å²) >= 11 is 4.13. The van der Waals surface area contributed by atoms with Crippen molar-refractivity contribution in [1.82, 2.24) is 19.3 Å². The Labute approximate surface area is 179 Å². The molecule has 0 aliphatic heterocycles. The number of nitrogens with one attached hydrogen (secondary N) is 2. The molecule has 0 spiro atoms. The second-order valence-corrected chi connectivity index (χ2v) is 6.43. The predicted octanol–water partition coefficient (Wildman–Crippen LogP) is 3.49. The number of nitrogens with zero attached hydrogens (tertiary/aromatic N) is 4. The van der Waals surface area contributed by atoms with Gasteiger partial charge in [0.05, 0.1) is 21.3 Å². The zero-order valence-electron chi connectivity index (χ0n) is 17.0. The Morgan fingerprint density at radius 3 is 2.40 bits per heavy atom. The average Bonchev–Trinajstić information content (AvgIpc) is 2.77. The maximum Gasteiger partial charge on any atom is 0.332 e. The third-order valence-electron chi connectivity index (χ3n) is 4.13. The van der Waals surface area contributed by atoms with Gasteiger partial charge >= 0.3 is 6.03 Å². The van der Waals surface area contributed by atoms with Crippen molar-refractivity contribution in [2.45, 2.75) is 6.92 Å². The molecule has 0 aliphatic rings. The third-order valence-corrected chi connectivity index (χ3v) is 4.59. The summed E-state index contributed by atoms with van der Waals surface area (Å²) in [6.45, 7) is 2.21. The highest BCUT2D eigenvalue weighted by Gasteiger charge is 2.18. The average molecular weight is 430 g/mol. The monoisotopic (exact) mass is 430 g/mol. The lowest BCUT2D eigenvalue weighted by molar-refractivity contribution is 0.240. The van der Waals surface area contributed by atoms with Gasteiger partial charge < -0.3 is 19.5 Å². The number of hydrogen-bond acceptors (Lipinski definition) is 9. The van der Waals surface area contributed by atoms with Crippen molar-refractivity contribution < 1.29 is 19.0 Å². The van der Waals surface area contributed by atoms with E-state index in [0.717, 1.165) is 0 Å². The van der Waals surface area contributed by atoms with Crippen molar-refractivity contribution >= 4 is 47.3 Å². The number of hydrogen-bond donors (Lipinski definition) is 3. The fraction of sp³-hybridized carbons (Fsp3) is 0.263. The lowest BCUT2D eigenvalue weighted by atomic mass is 10.2. The number of pyridine rings is 1. The minimum Gasteiger partial charge on any atom is -0.493 e. The molecule has 30 heavy (non-hydrogen) atoms. The van der Waals surface area contributed by atoms with E-state index in [2.05, 4.69) is 38.4 Å². The summed E-state index contributed by atoms with van der Waals surface area (Å²) in [6.07, 6.45) is 1.62. The quantitative estimate of drug-likeness (QED) is 0.489. The summed E-state index contributed by atoms with van der Waals surface area (Å²) in [6, 6.07) is 6.49. The van der Waals surface area contributed by atoms with Crippen LogP contribution in [0.4, 0.5) is 22.1 Å². The molecule has 10 nitrogen and oxygen atoms in total. The number of rotatable bonds is 7. The van der Waals surface area contributed by atoms with Gasteiger partial charge in [0.2, 0.25) is 5.75 Å². The van der Waals surface area contributed by atoms with Crippen molar-refractivity contribution in [1.29, 1.82) is 0 Å². The topological polar surface area (TPSA) is 111 Å². The molecule has 11 heteroatoms. The van der Waals surface area contributed by atoms with Crippen LogP contribution >= 0.6 is 12.8 Å². The second kappa shape index (κ2) is 9.35. The highest BCUT2D eigenvalue weighted by atomic mass is 32.1. The largest absolute Gasteiger partial charge is 0.493 e. The second-order valence-electron chi connectivity index (χ2n) is 5.95. The van der Waals surface area contributed by atoms with Crippen LogP contribution in [0.1, 0.15) is 6.92 Å². The fourth-order valence-electron chi connectivity index (χ4n) is 2.67. The van der Waals surface area contributed by atoms with Crippen molar-refractivity contribution in [3.8, 4) is 17.2 Å². The van der Waals surface area contributed by atoms with Crippen LogP contribution < -0.4 is 24.8 Å². The van der Waals surface area contributed by atoms with Gasteiger partial charge in [-0.05, 0) is 19.1 Å². The molecule has 0 atom stereocenters. The number of fused-ring (bicyclic) bond motifs is 1. The number of amides is 2. The molecule has 0 aliphatic carbocycles. The molecule has 2 amide bonds. The van der Waals surface area contributed by atoms with Crippen molar-refractivity contribution in [2.75, 3.05) is 38.5 Å². The van der Waals surface area contributed by atoms with E-state index in [1.54, 1.807) is 37.4 Å². The first-order valence-corrected chi connectivity index (χ1v) is 9.37. The smallest absolute Gasteiger partial charge is 0.332 e. The number of urea groups is 1. The van der Waals surface area contributed by atoms with Gasteiger partial charge in [-0.1, -0.05) is 12.8 Å². The first kappa shape index (κ1) is 21.2. The standard InChI is InChI=1S/C19H22N6O4S/c1-5-25(30)19(26)24-18-17(23-16-12(22-18)7-6-8-20-16)21-11-9-13(27-2)15(29-4)14(10-11)28-3/h6-10,30H,5H2,1-4H3,(H,20,21,23)(H,22,24,26). The Morgan fingerprint density at radius 2 is 1.80 bits per heavy atom. The van der Waals surface area contributed by atoms with Crippen LogP contribution in [-0.4, -0.2) is 53.2 Å². The Morgan fingerprint density at radius 1 is 1.10 bits per heavy atom. The van der Waals surface area contributed by atoms with E-state index < -0.39 is 6.03 Å². The summed E-state index contributed by atoms with van der Waals surface area (Å²) in [5, 5.41) is 5.85. The molecular weight excluding hydrogens is 408 g/mol. The van der Waals surface area contributed by atoms with Gasteiger partial charge in [-0.15, -0.1) is 0 Å². The minimum absolute atomic E-state index is 0.224. The van der Waals surface area contributed by atoms with Gasteiger partial charge in [-0.3, -0.25) is 9.62 Å². The lowest BCUT2D eigenvalue weighted by Crippen LogP contribution is -2.27. The molecule has 2 N–H and O–H groups in total. The fourth-order valence-corrected chi connectivity index (χ4v) is 2.72. The SMILES string of the molecule is CCN(S)C(=O)Nc1nc2cccnc2nc1Nc1cc(OC)c(OC)c(OC)c1. The number of anilines is 3. The minimum atomic E-state index is -0.439. The Balaban J connectivity index is 2.06. The maximum absolute atomic E-state index is 12.3. The number of carbonyl (C=O) groups excluding carboxylic acids is 1. The zero-order chi connectivity index (χ0) is 21.7. The van der Waals surface area contributed by atoms with Gasteiger partial charge in [0.1, 0.15) is 5.52 Å². The van der Waals surface area contributed by atoms with Crippen molar-refractivity contribution in [3.63, 3.8) is 0 Å².